The number of nitrogens with zero attached hydrogens (tertiary/aromatic N) is 4. The van der Waals surface area contributed by atoms with E-state index in [0.29, 0.717) is 37.1 Å². The highest BCUT2D eigenvalue weighted by Gasteiger charge is 2.41. The summed E-state index contributed by atoms with van der Waals surface area (Å²) in [6.07, 6.45) is 3.96. The monoisotopic (exact) mass is 389 g/mol. The average Bonchev–Trinajstić information content (AvgIpc) is 3.36. The van der Waals surface area contributed by atoms with Gasteiger partial charge in [0.25, 0.3) is 11.4 Å². The Labute approximate surface area is 168 Å². The van der Waals surface area contributed by atoms with Gasteiger partial charge in [-0.3, -0.25) is 9.20 Å². The van der Waals surface area contributed by atoms with Crippen molar-refractivity contribution in [2.75, 3.05) is 24.6 Å². The van der Waals surface area contributed by atoms with E-state index in [4.69, 9.17) is 17.3 Å². The molecule has 148 valence electrons. The maximum atomic E-state index is 12.4. The Balaban J connectivity index is 1.77. The molecule has 1 amide bonds. The third-order valence-electron chi connectivity index (χ3n) is 6.56. The Kier molecular flexibility index (Phi) is 4.00. The van der Waals surface area contributed by atoms with Gasteiger partial charge in [-0.1, -0.05) is 12.1 Å². The van der Waals surface area contributed by atoms with Gasteiger partial charge in [0.05, 0.1) is 16.6 Å². The number of fused-ring (bicyclic) bond motifs is 4. The van der Waals surface area contributed by atoms with Crippen molar-refractivity contribution >= 4 is 28.4 Å². The molecule has 7 nitrogen and oxygen atoms in total. The quantitative estimate of drug-likeness (QED) is 0.673. The number of imidazole rings is 1. The number of aliphatic hydroxyl groups excluding tert-OH is 1. The number of aliphatic hydroxyl groups is 1. The molecule has 1 aliphatic heterocycles. The van der Waals surface area contributed by atoms with Crippen LogP contribution in [0.15, 0.2) is 24.3 Å². The van der Waals surface area contributed by atoms with Crippen molar-refractivity contribution in [2.24, 2.45) is 5.73 Å². The zero-order valence-corrected chi connectivity index (χ0v) is 16.2. The summed E-state index contributed by atoms with van der Waals surface area (Å²) in [5.41, 5.74) is 10.3. The standard InChI is InChI=1S/C22H23N5O2/c1-24-22(13-28)9-11-26(12-10-22)21-15-6-4-5-14(15)18(19(23)29)20-25-16-7-2-3-8-17(16)27(20)21/h2-3,7-8,28H,4-6,9-13H2,(H2,23,29). The van der Waals surface area contributed by atoms with Gasteiger partial charge < -0.3 is 20.6 Å². The Morgan fingerprint density at radius 1 is 1.24 bits per heavy atom. The highest BCUT2D eigenvalue weighted by Crippen LogP contribution is 2.40. The molecule has 2 aromatic heterocycles. The summed E-state index contributed by atoms with van der Waals surface area (Å²) in [5.74, 6) is 0.642. The summed E-state index contributed by atoms with van der Waals surface area (Å²) < 4.78 is 2.09. The number of hydrogen-bond donors (Lipinski definition) is 2. The molecule has 0 atom stereocenters. The van der Waals surface area contributed by atoms with Crippen LogP contribution >= 0.6 is 0 Å². The second kappa shape index (κ2) is 6.46. The predicted molar refractivity (Wildman–Crippen MR) is 111 cm³/mol. The van der Waals surface area contributed by atoms with E-state index < -0.39 is 11.4 Å². The SMILES string of the molecule is [C-]#[N+]C1(CO)CCN(c2c3c(c(C(N)=O)c4nc5ccccc5n24)CCC3)CC1. The number of pyridine rings is 1. The molecular formula is C22H23N5O2. The van der Waals surface area contributed by atoms with E-state index in [0.717, 1.165) is 41.7 Å². The van der Waals surface area contributed by atoms with Crippen LogP contribution in [0.25, 0.3) is 21.5 Å². The van der Waals surface area contributed by atoms with Crippen LogP contribution in [0.5, 0.6) is 0 Å². The number of anilines is 1. The molecule has 0 bridgehead atoms. The van der Waals surface area contributed by atoms with Crippen LogP contribution in [-0.2, 0) is 12.8 Å². The first-order valence-corrected chi connectivity index (χ1v) is 10.1. The number of carbonyl (C=O) groups excluding carboxylic acids is 1. The molecule has 3 N–H and O–H groups in total. The van der Waals surface area contributed by atoms with Crippen molar-refractivity contribution in [1.82, 2.24) is 9.38 Å². The van der Waals surface area contributed by atoms with E-state index in [1.165, 1.54) is 5.56 Å². The van der Waals surface area contributed by atoms with Crippen molar-refractivity contribution in [3.8, 4) is 0 Å². The van der Waals surface area contributed by atoms with Crippen LogP contribution in [-0.4, -0.2) is 45.6 Å². The molecule has 0 radical (unpaired) electrons. The predicted octanol–water partition coefficient (Wildman–Crippen LogP) is 2.33. The summed E-state index contributed by atoms with van der Waals surface area (Å²) in [4.78, 5) is 23.2. The Bertz CT molecular complexity index is 1180. The van der Waals surface area contributed by atoms with Gasteiger partial charge in [-0.2, -0.15) is 0 Å². The number of piperidine rings is 1. The number of aromatic nitrogens is 2. The second-order valence-electron chi connectivity index (χ2n) is 8.11. The Hall–Kier alpha value is -3.11. The van der Waals surface area contributed by atoms with Crippen LogP contribution < -0.4 is 10.6 Å². The van der Waals surface area contributed by atoms with Crippen molar-refractivity contribution < 1.29 is 9.90 Å². The zero-order valence-electron chi connectivity index (χ0n) is 16.2. The minimum atomic E-state index is -0.678. The lowest BCUT2D eigenvalue weighted by atomic mass is 9.89. The fraction of sp³-hybridized carbons (Fsp3) is 0.409. The minimum Gasteiger partial charge on any atom is -0.388 e. The van der Waals surface area contributed by atoms with Crippen molar-refractivity contribution in [1.29, 1.82) is 0 Å². The lowest BCUT2D eigenvalue weighted by Crippen LogP contribution is -2.45. The van der Waals surface area contributed by atoms with Gasteiger partial charge in [-0.05, 0) is 42.5 Å². The first-order chi connectivity index (χ1) is 14.1. The number of amides is 1. The molecule has 3 heterocycles. The Morgan fingerprint density at radius 2 is 1.97 bits per heavy atom. The molecule has 1 fully saturated rings. The third kappa shape index (κ3) is 2.52. The van der Waals surface area contributed by atoms with E-state index in [1.54, 1.807) is 0 Å². The second-order valence-corrected chi connectivity index (χ2v) is 8.11. The molecule has 29 heavy (non-hydrogen) atoms. The van der Waals surface area contributed by atoms with Gasteiger partial charge in [-0.15, -0.1) is 0 Å². The van der Waals surface area contributed by atoms with Gasteiger partial charge in [0.1, 0.15) is 12.4 Å². The smallest absolute Gasteiger partial charge is 0.258 e. The van der Waals surface area contributed by atoms with Gasteiger partial charge >= 0.3 is 0 Å². The molecule has 7 heteroatoms. The summed E-state index contributed by atoms with van der Waals surface area (Å²) in [6.45, 7) is 8.78. The van der Waals surface area contributed by atoms with Crippen LogP contribution in [0.1, 0.15) is 40.7 Å². The number of benzene rings is 1. The van der Waals surface area contributed by atoms with Gasteiger partial charge in [0, 0.05) is 25.9 Å². The number of nitrogens with two attached hydrogens (primary N) is 1. The molecule has 3 aromatic rings. The zero-order chi connectivity index (χ0) is 20.2. The third-order valence-corrected chi connectivity index (χ3v) is 6.56. The van der Waals surface area contributed by atoms with Gasteiger partial charge in [-0.25, -0.2) is 11.6 Å². The van der Waals surface area contributed by atoms with E-state index in [-0.39, 0.29) is 6.61 Å². The van der Waals surface area contributed by atoms with Crippen LogP contribution in [0.2, 0.25) is 0 Å². The lowest BCUT2D eigenvalue weighted by Gasteiger charge is -2.36. The van der Waals surface area contributed by atoms with Gasteiger partial charge in [0.2, 0.25) is 0 Å². The fourth-order valence-electron chi connectivity index (χ4n) is 4.98. The lowest BCUT2D eigenvalue weighted by molar-refractivity contribution is 0.100. The first-order valence-electron chi connectivity index (χ1n) is 10.1. The molecule has 0 unspecified atom stereocenters. The van der Waals surface area contributed by atoms with Gasteiger partial charge in [0.15, 0.2) is 5.65 Å². The number of primary amides is 1. The van der Waals surface area contributed by atoms with Crippen LogP contribution in [0.4, 0.5) is 5.82 Å². The molecule has 1 saturated heterocycles. The number of rotatable bonds is 3. The summed E-state index contributed by atoms with van der Waals surface area (Å²) in [5, 5.41) is 9.73. The van der Waals surface area contributed by atoms with E-state index in [1.807, 2.05) is 24.3 Å². The molecule has 1 aromatic carbocycles. The molecule has 0 spiro atoms. The van der Waals surface area contributed by atoms with Crippen LogP contribution in [0.3, 0.4) is 0 Å². The van der Waals surface area contributed by atoms with Crippen LogP contribution in [0, 0.1) is 6.57 Å². The average molecular weight is 389 g/mol. The summed E-state index contributed by atoms with van der Waals surface area (Å²) in [6, 6.07) is 7.89. The first kappa shape index (κ1) is 18.0. The van der Waals surface area contributed by atoms with E-state index in [9.17, 15) is 9.90 Å². The molecular weight excluding hydrogens is 366 g/mol. The topological polar surface area (TPSA) is 88.2 Å². The number of carbonyl (C=O) groups is 1. The van der Waals surface area contributed by atoms with E-state index >= 15 is 0 Å². The summed E-state index contributed by atoms with van der Waals surface area (Å²) >= 11 is 0. The number of para-hydroxylation sites is 2. The summed E-state index contributed by atoms with van der Waals surface area (Å²) in [7, 11) is 0. The number of hydrogen-bond acceptors (Lipinski definition) is 4. The maximum Gasteiger partial charge on any atom is 0.258 e. The highest BCUT2D eigenvalue weighted by molar-refractivity contribution is 6.03. The highest BCUT2D eigenvalue weighted by atomic mass is 16.3. The van der Waals surface area contributed by atoms with Crippen molar-refractivity contribution in [2.45, 2.75) is 37.6 Å². The van der Waals surface area contributed by atoms with Crippen molar-refractivity contribution in [3.63, 3.8) is 0 Å². The minimum absolute atomic E-state index is 0.105. The fourth-order valence-corrected chi connectivity index (χ4v) is 4.98. The van der Waals surface area contributed by atoms with Crippen molar-refractivity contribution in [3.05, 3.63) is 52.4 Å². The normalized spacial score (nSPS) is 18.1. The largest absolute Gasteiger partial charge is 0.388 e. The molecule has 1 aliphatic carbocycles. The molecule has 2 aliphatic rings. The Morgan fingerprint density at radius 3 is 2.66 bits per heavy atom. The molecule has 5 rings (SSSR count). The maximum absolute atomic E-state index is 12.4. The molecule has 0 saturated carbocycles. The van der Waals surface area contributed by atoms with E-state index in [2.05, 4.69) is 14.1 Å².